The molecule has 1 fully saturated rings. The molecular formula is C19H19BrClN3O3. The van der Waals surface area contributed by atoms with Gasteiger partial charge in [-0.1, -0.05) is 27.5 Å². The molecule has 3 rings (SSSR count). The van der Waals surface area contributed by atoms with Gasteiger partial charge in [-0.05, 0) is 49.4 Å². The molecule has 0 saturated carbocycles. The van der Waals surface area contributed by atoms with Crippen molar-refractivity contribution in [2.45, 2.75) is 13.0 Å². The van der Waals surface area contributed by atoms with Gasteiger partial charge < -0.3 is 20.3 Å². The Kier molecular flexibility index (Phi) is 6.23. The molecule has 1 aliphatic heterocycles. The Labute approximate surface area is 171 Å². The predicted octanol–water partition coefficient (Wildman–Crippen LogP) is 3.44. The SMILES string of the molecule is CC(Oc1ccc(Br)cc1)C(=O)Nc1ccc(N2CCNC(=O)C2)c(Cl)c1. The van der Waals surface area contributed by atoms with Crippen LogP contribution in [-0.2, 0) is 9.59 Å². The second-order valence-corrected chi connectivity index (χ2v) is 7.46. The van der Waals surface area contributed by atoms with Crippen LogP contribution < -0.4 is 20.3 Å². The first-order chi connectivity index (χ1) is 12.9. The Morgan fingerprint density at radius 2 is 2.04 bits per heavy atom. The number of amides is 2. The summed E-state index contributed by atoms with van der Waals surface area (Å²) >= 11 is 9.71. The lowest BCUT2D eigenvalue weighted by Gasteiger charge is -2.29. The molecule has 1 aliphatic rings. The van der Waals surface area contributed by atoms with Crippen LogP contribution in [-0.4, -0.2) is 37.6 Å². The van der Waals surface area contributed by atoms with Gasteiger partial charge in [-0.2, -0.15) is 0 Å². The van der Waals surface area contributed by atoms with E-state index in [1.165, 1.54) is 0 Å². The first kappa shape index (κ1) is 19.5. The number of nitrogens with one attached hydrogen (secondary N) is 2. The van der Waals surface area contributed by atoms with E-state index in [-0.39, 0.29) is 18.4 Å². The molecule has 0 aromatic heterocycles. The summed E-state index contributed by atoms with van der Waals surface area (Å²) in [5, 5.41) is 6.05. The van der Waals surface area contributed by atoms with Gasteiger partial charge in [0.05, 0.1) is 17.3 Å². The van der Waals surface area contributed by atoms with Crippen LogP contribution in [0.5, 0.6) is 5.75 Å². The predicted molar refractivity (Wildman–Crippen MR) is 110 cm³/mol. The zero-order valence-corrected chi connectivity index (χ0v) is 17.0. The molecule has 0 bridgehead atoms. The van der Waals surface area contributed by atoms with Gasteiger partial charge in [0.15, 0.2) is 6.10 Å². The number of carbonyl (C=O) groups excluding carboxylic acids is 2. The molecule has 27 heavy (non-hydrogen) atoms. The number of piperazine rings is 1. The fourth-order valence-corrected chi connectivity index (χ4v) is 3.26. The molecule has 1 unspecified atom stereocenters. The van der Waals surface area contributed by atoms with Crippen LogP contribution in [0.15, 0.2) is 46.9 Å². The zero-order valence-electron chi connectivity index (χ0n) is 14.7. The zero-order chi connectivity index (χ0) is 19.4. The molecule has 1 saturated heterocycles. The van der Waals surface area contributed by atoms with Gasteiger partial charge in [0, 0.05) is 23.2 Å². The lowest BCUT2D eigenvalue weighted by atomic mass is 10.2. The van der Waals surface area contributed by atoms with E-state index >= 15 is 0 Å². The molecule has 2 aromatic carbocycles. The third kappa shape index (κ3) is 5.14. The van der Waals surface area contributed by atoms with E-state index in [9.17, 15) is 9.59 Å². The Bertz CT molecular complexity index is 845. The normalized spacial score (nSPS) is 15.1. The van der Waals surface area contributed by atoms with Gasteiger partial charge in [-0.3, -0.25) is 9.59 Å². The standard InChI is InChI=1S/C19H19BrClN3O3/c1-12(27-15-5-2-13(20)3-6-15)19(26)23-14-4-7-17(16(21)10-14)24-9-8-22-18(25)11-24/h2-7,10,12H,8-9,11H2,1H3,(H,22,25)(H,23,26). The molecule has 1 heterocycles. The molecular weight excluding hydrogens is 434 g/mol. The average Bonchev–Trinajstić information content (AvgIpc) is 2.63. The molecule has 0 aliphatic carbocycles. The van der Waals surface area contributed by atoms with E-state index in [1.807, 2.05) is 17.0 Å². The molecule has 6 nitrogen and oxygen atoms in total. The molecule has 0 spiro atoms. The van der Waals surface area contributed by atoms with Crippen LogP contribution in [0.1, 0.15) is 6.92 Å². The van der Waals surface area contributed by atoms with E-state index in [2.05, 4.69) is 26.6 Å². The van der Waals surface area contributed by atoms with E-state index in [1.54, 1.807) is 37.3 Å². The highest BCUT2D eigenvalue weighted by molar-refractivity contribution is 9.10. The summed E-state index contributed by atoms with van der Waals surface area (Å²) in [6, 6.07) is 12.5. The second-order valence-electron chi connectivity index (χ2n) is 6.14. The minimum absolute atomic E-state index is 0.0337. The Morgan fingerprint density at radius 1 is 1.30 bits per heavy atom. The monoisotopic (exact) mass is 451 g/mol. The maximum atomic E-state index is 12.4. The molecule has 2 amide bonds. The van der Waals surface area contributed by atoms with Crippen LogP contribution in [0.25, 0.3) is 0 Å². The first-order valence-electron chi connectivity index (χ1n) is 8.46. The number of benzene rings is 2. The minimum atomic E-state index is -0.671. The van der Waals surface area contributed by atoms with Crippen molar-refractivity contribution in [1.82, 2.24) is 5.32 Å². The number of rotatable bonds is 5. The summed E-state index contributed by atoms with van der Waals surface area (Å²) in [5.41, 5.74) is 1.34. The summed E-state index contributed by atoms with van der Waals surface area (Å²) in [6.45, 7) is 3.22. The third-order valence-electron chi connectivity index (χ3n) is 4.09. The highest BCUT2D eigenvalue weighted by Crippen LogP contribution is 2.29. The summed E-state index contributed by atoms with van der Waals surface area (Å²) in [4.78, 5) is 25.8. The summed E-state index contributed by atoms with van der Waals surface area (Å²) in [5.74, 6) is 0.297. The van der Waals surface area contributed by atoms with Crippen LogP contribution >= 0.6 is 27.5 Å². The van der Waals surface area contributed by atoms with Crippen LogP contribution in [0, 0.1) is 0 Å². The van der Waals surface area contributed by atoms with Crippen molar-refractivity contribution in [3.05, 3.63) is 52.0 Å². The fourth-order valence-electron chi connectivity index (χ4n) is 2.70. The highest BCUT2D eigenvalue weighted by Gasteiger charge is 2.20. The van der Waals surface area contributed by atoms with E-state index < -0.39 is 6.10 Å². The van der Waals surface area contributed by atoms with Crippen LogP contribution in [0.4, 0.5) is 11.4 Å². The Hall–Kier alpha value is -2.25. The van der Waals surface area contributed by atoms with E-state index in [0.29, 0.717) is 29.5 Å². The molecule has 1 atom stereocenters. The lowest BCUT2D eigenvalue weighted by molar-refractivity contribution is -0.122. The number of halogens is 2. The number of hydrogen-bond donors (Lipinski definition) is 2. The van der Waals surface area contributed by atoms with Gasteiger partial charge in [0.1, 0.15) is 5.75 Å². The van der Waals surface area contributed by atoms with Gasteiger partial charge in [0.25, 0.3) is 5.91 Å². The Morgan fingerprint density at radius 3 is 2.70 bits per heavy atom. The van der Waals surface area contributed by atoms with Crippen molar-refractivity contribution in [3.63, 3.8) is 0 Å². The maximum absolute atomic E-state index is 12.4. The van der Waals surface area contributed by atoms with Crippen molar-refractivity contribution in [2.75, 3.05) is 29.9 Å². The smallest absolute Gasteiger partial charge is 0.265 e. The third-order valence-corrected chi connectivity index (χ3v) is 4.92. The van der Waals surface area contributed by atoms with Crippen molar-refractivity contribution >= 4 is 50.7 Å². The largest absolute Gasteiger partial charge is 0.481 e. The van der Waals surface area contributed by atoms with Crippen molar-refractivity contribution in [1.29, 1.82) is 0 Å². The van der Waals surface area contributed by atoms with E-state index in [4.69, 9.17) is 16.3 Å². The number of ether oxygens (including phenoxy) is 1. The summed E-state index contributed by atoms with van der Waals surface area (Å²) in [7, 11) is 0. The fraction of sp³-hybridized carbons (Fsp3) is 0.263. The van der Waals surface area contributed by atoms with Gasteiger partial charge in [-0.25, -0.2) is 0 Å². The van der Waals surface area contributed by atoms with Gasteiger partial charge in [0.2, 0.25) is 5.91 Å². The number of hydrogen-bond acceptors (Lipinski definition) is 4. The lowest BCUT2D eigenvalue weighted by Crippen LogP contribution is -2.47. The van der Waals surface area contributed by atoms with E-state index in [0.717, 1.165) is 10.2 Å². The molecule has 142 valence electrons. The quantitative estimate of drug-likeness (QED) is 0.729. The van der Waals surface area contributed by atoms with Crippen molar-refractivity contribution < 1.29 is 14.3 Å². The molecule has 2 N–H and O–H groups in total. The maximum Gasteiger partial charge on any atom is 0.265 e. The number of anilines is 2. The van der Waals surface area contributed by atoms with Crippen molar-refractivity contribution in [2.24, 2.45) is 0 Å². The Balaban J connectivity index is 1.62. The van der Waals surface area contributed by atoms with Crippen molar-refractivity contribution in [3.8, 4) is 5.75 Å². The molecule has 2 aromatic rings. The number of carbonyl (C=O) groups is 2. The number of nitrogens with zero attached hydrogens (tertiary/aromatic N) is 1. The molecule has 0 radical (unpaired) electrons. The second kappa shape index (κ2) is 8.63. The van der Waals surface area contributed by atoms with Crippen LogP contribution in [0.3, 0.4) is 0 Å². The summed E-state index contributed by atoms with van der Waals surface area (Å²) in [6.07, 6.45) is -0.671. The summed E-state index contributed by atoms with van der Waals surface area (Å²) < 4.78 is 6.58. The van der Waals surface area contributed by atoms with Gasteiger partial charge in [-0.15, -0.1) is 0 Å². The van der Waals surface area contributed by atoms with Crippen LogP contribution in [0.2, 0.25) is 5.02 Å². The minimum Gasteiger partial charge on any atom is -0.481 e. The topological polar surface area (TPSA) is 70.7 Å². The molecule has 8 heteroatoms. The average molecular weight is 453 g/mol. The first-order valence-corrected chi connectivity index (χ1v) is 9.64. The highest BCUT2D eigenvalue weighted by atomic mass is 79.9. The van der Waals surface area contributed by atoms with Gasteiger partial charge >= 0.3 is 0 Å².